The quantitative estimate of drug-likeness (QED) is 0.784. The predicted molar refractivity (Wildman–Crippen MR) is 97.1 cm³/mol. The minimum Gasteiger partial charge on any atom is -0.462 e. The van der Waals surface area contributed by atoms with Gasteiger partial charge in [0, 0.05) is 12.4 Å². The molecule has 6 heteroatoms. The molecule has 0 aliphatic carbocycles. The number of hydrogen-bond donors (Lipinski definition) is 0. The number of esters is 1. The van der Waals surface area contributed by atoms with Crippen LogP contribution in [0.1, 0.15) is 43.6 Å². The first kappa shape index (κ1) is 18.7. The number of fused-ring (bicyclic) bond motifs is 1. The van der Waals surface area contributed by atoms with Gasteiger partial charge >= 0.3 is 12.1 Å². The fraction of sp³-hybridized carbons (Fsp3) is 0.421. The van der Waals surface area contributed by atoms with E-state index in [4.69, 9.17) is 9.47 Å². The molecule has 0 radical (unpaired) electrons. The topological polar surface area (TPSA) is 68.7 Å². The average Bonchev–Trinajstić information content (AvgIpc) is 2.52. The van der Waals surface area contributed by atoms with Gasteiger partial charge in [0.1, 0.15) is 5.60 Å². The minimum atomic E-state index is -0.580. The van der Waals surface area contributed by atoms with Crippen LogP contribution in [-0.2, 0) is 9.47 Å². The predicted octanol–water partition coefficient (Wildman–Crippen LogP) is 4.09. The first-order valence-corrected chi connectivity index (χ1v) is 8.16. The van der Waals surface area contributed by atoms with Gasteiger partial charge in [0.15, 0.2) is 0 Å². The van der Waals surface area contributed by atoms with Crippen LogP contribution in [0.15, 0.2) is 24.4 Å². The van der Waals surface area contributed by atoms with E-state index in [1.807, 2.05) is 33.8 Å². The van der Waals surface area contributed by atoms with E-state index in [0.717, 1.165) is 16.5 Å². The molecule has 1 heterocycles. The lowest BCUT2D eigenvalue weighted by molar-refractivity contribution is 0.0524. The van der Waals surface area contributed by atoms with Crippen molar-refractivity contribution >= 4 is 28.7 Å². The third kappa shape index (κ3) is 4.47. The summed E-state index contributed by atoms with van der Waals surface area (Å²) in [6.45, 7) is 9.40. The molecule has 0 atom stereocenters. The maximum atomic E-state index is 12.2. The van der Waals surface area contributed by atoms with Gasteiger partial charge in [-0.25, -0.2) is 9.59 Å². The molecule has 0 spiro atoms. The maximum Gasteiger partial charge on any atom is 0.414 e. The molecule has 0 saturated carbocycles. The normalized spacial score (nSPS) is 11.3. The number of anilines is 1. The molecule has 2 rings (SSSR count). The van der Waals surface area contributed by atoms with Crippen molar-refractivity contribution in [1.29, 1.82) is 0 Å². The van der Waals surface area contributed by atoms with E-state index in [2.05, 4.69) is 4.98 Å². The molecule has 0 aliphatic heterocycles. The first-order chi connectivity index (χ1) is 11.6. The number of ether oxygens (including phenoxy) is 2. The number of carbonyl (C=O) groups is 2. The summed E-state index contributed by atoms with van der Waals surface area (Å²) in [4.78, 5) is 30.0. The Bertz CT molecular complexity index is 809. The van der Waals surface area contributed by atoms with Gasteiger partial charge in [0.2, 0.25) is 0 Å². The van der Waals surface area contributed by atoms with E-state index in [0.29, 0.717) is 17.9 Å². The summed E-state index contributed by atoms with van der Waals surface area (Å²) in [7, 11) is 1.62. The summed E-state index contributed by atoms with van der Waals surface area (Å²) in [5.74, 6) is -0.376. The fourth-order valence-corrected chi connectivity index (χ4v) is 2.37. The smallest absolute Gasteiger partial charge is 0.414 e. The van der Waals surface area contributed by atoms with Crippen LogP contribution in [0, 0.1) is 6.92 Å². The number of pyridine rings is 1. The lowest BCUT2D eigenvalue weighted by Crippen LogP contribution is -2.34. The van der Waals surface area contributed by atoms with Gasteiger partial charge in [-0.2, -0.15) is 0 Å². The molecule has 2 aromatic rings. The highest BCUT2D eigenvalue weighted by atomic mass is 16.6. The van der Waals surface area contributed by atoms with Gasteiger partial charge in [-0.3, -0.25) is 9.88 Å². The summed E-state index contributed by atoms with van der Waals surface area (Å²) in [6, 6.07) is 5.28. The zero-order valence-electron chi connectivity index (χ0n) is 15.5. The van der Waals surface area contributed by atoms with E-state index in [9.17, 15) is 9.59 Å². The van der Waals surface area contributed by atoms with E-state index in [1.165, 1.54) is 4.90 Å². The second-order valence-corrected chi connectivity index (χ2v) is 6.82. The maximum absolute atomic E-state index is 12.2. The molecule has 1 amide bonds. The van der Waals surface area contributed by atoms with Crippen LogP contribution in [0.5, 0.6) is 0 Å². The van der Waals surface area contributed by atoms with Gasteiger partial charge in [-0.05, 0) is 58.4 Å². The molecule has 6 nitrogen and oxygen atoms in total. The number of hydrogen-bond acceptors (Lipinski definition) is 5. The molecule has 0 unspecified atom stereocenters. The minimum absolute atomic E-state index is 0.315. The van der Waals surface area contributed by atoms with E-state index in [-0.39, 0.29) is 5.97 Å². The number of rotatable bonds is 3. The third-order valence-electron chi connectivity index (χ3n) is 3.53. The van der Waals surface area contributed by atoms with Crippen LogP contribution in [0.25, 0.3) is 10.9 Å². The van der Waals surface area contributed by atoms with Crippen LogP contribution in [0.3, 0.4) is 0 Å². The first-order valence-electron chi connectivity index (χ1n) is 8.16. The highest BCUT2D eigenvalue weighted by Gasteiger charge is 2.21. The Labute approximate surface area is 147 Å². The van der Waals surface area contributed by atoms with Gasteiger partial charge < -0.3 is 9.47 Å². The zero-order chi connectivity index (χ0) is 18.8. The third-order valence-corrected chi connectivity index (χ3v) is 3.53. The molecule has 1 aromatic heterocycles. The van der Waals surface area contributed by atoms with Gasteiger partial charge in [-0.1, -0.05) is 0 Å². The molecular weight excluding hydrogens is 320 g/mol. The molecule has 1 aromatic carbocycles. The summed E-state index contributed by atoms with van der Waals surface area (Å²) in [5.41, 5.74) is 2.11. The van der Waals surface area contributed by atoms with Crippen LogP contribution in [0.2, 0.25) is 0 Å². The highest BCUT2D eigenvalue weighted by molar-refractivity contribution is 5.97. The number of aromatic nitrogens is 1. The van der Waals surface area contributed by atoms with Crippen LogP contribution in [-0.4, -0.2) is 36.3 Å². The van der Waals surface area contributed by atoms with Gasteiger partial charge in [0.05, 0.1) is 29.6 Å². The van der Waals surface area contributed by atoms with Crippen LogP contribution >= 0.6 is 0 Å². The summed E-state index contributed by atoms with van der Waals surface area (Å²) < 4.78 is 10.4. The van der Waals surface area contributed by atoms with Gasteiger partial charge in [-0.15, -0.1) is 0 Å². The highest BCUT2D eigenvalue weighted by Crippen LogP contribution is 2.25. The number of carbonyl (C=O) groups excluding carboxylic acids is 2. The van der Waals surface area contributed by atoms with Crippen molar-refractivity contribution in [2.45, 2.75) is 40.2 Å². The second-order valence-electron chi connectivity index (χ2n) is 6.82. The van der Waals surface area contributed by atoms with Crippen molar-refractivity contribution in [3.05, 3.63) is 35.5 Å². The van der Waals surface area contributed by atoms with E-state index < -0.39 is 11.7 Å². The zero-order valence-corrected chi connectivity index (χ0v) is 15.5. The lowest BCUT2D eigenvalue weighted by atomic mass is 10.1. The fourth-order valence-electron chi connectivity index (χ4n) is 2.37. The molecule has 0 fully saturated rings. The number of amides is 1. The average molecular weight is 344 g/mol. The van der Waals surface area contributed by atoms with Crippen molar-refractivity contribution in [3.8, 4) is 0 Å². The lowest BCUT2D eigenvalue weighted by Gasteiger charge is -2.24. The Kier molecular flexibility index (Phi) is 5.30. The Hall–Kier alpha value is -2.63. The molecule has 0 saturated heterocycles. The molecule has 0 N–H and O–H groups in total. The van der Waals surface area contributed by atoms with Gasteiger partial charge in [0.25, 0.3) is 0 Å². The standard InChI is InChI=1S/C19H24N2O4/c1-7-24-17(22)14-8-12(2)16-13(9-14)10-15(11-20-16)21(6)18(23)25-19(3,4)5/h8-11H,7H2,1-6H3. The Balaban J connectivity index is 2.40. The summed E-state index contributed by atoms with van der Waals surface area (Å²) in [6.07, 6.45) is 1.15. The molecular formula is C19H24N2O4. The monoisotopic (exact) mass is 344 g/mol. The molecule has 0 aliphatic rings. The number of nitrogens with zero attached hydrogens (tertiary/aromatic N) is 2. The van der Waals surface area contributed by atoms with Crippen LogP contribution < -0.4 is 4.90 Å². The number of benzene rings is 1. The summed E-state index contributed by atoms with van der Waals surface area (Å²) >= 11 is 0. The Morgan fingerprint density at radius 2 is 1.88 bits per heavy atom. The summed E-state index contributed by atoms with van der Waals surface area (Å²) in [5, 5.41) is 0.760. The molecule has 25 heavy (non-hydrogen) atoms. The van der Waals surface area contributed by atoms with Crippen molar-refractivity contribution in [2.75, 3.05) is 18.6 Å². The second kappa shape index (κ2) is 7.09. The van der Waals surface area contributed by atoms with E-state index >= 15 is 0 Å². The Morgan fingerprint density at radius 3 is 2.48 bits per heavy atom. The Morgan fingerprint density at radius 1 is 1.20 bits per heavy atom. The molecule has 134 valence electrons. The van der Waals surface area contributed by atoms with Crippen LogP contribution in [0.4, 0.5) is 10.5 Å². The van der Waals surface area contributed by atoms with E-state index in [1.54, 1.807) is 32.3 Å². The van der Waals surface area contributed by atoms with Crippen molar-refractivity contribution in [3.63, 3.8) is 0 Å². The van der Waals surface area contributed by atoms with Crippen molar-refractivity contribution < 1.29 is 19.1 Å². The largest absolute Gasteiger partial charge is 0.462 e. The van der Waals surface area contributed by atoms with Crippen molar-refractivity contribution in [1.82, 2.24) is 4.98 Å². The SMILES string of the molecule is CCOC(=O)c1cc(C)c2ncc(N(C)C(=O)OC(C)(C)C)cc2c1. The van der Waals surface area contributed by atoms with Crippen molar-refractivity contribution in [2.24, 2.45) is 0 Å². The number of aryl methyl sites for hydroxylation is 1. The molecule has 0 bridgehead atoms.